The first kappa shape index (κ1) is 16.7. The van der Waals surface area contributed by atoms with Gasteiger partial charge in [-0.1, -0.05) is 26.0 Å². The van der Waals surface area contributed by atoms with Gasteiger partial charge in [0.25, 0.3) is 0 Å². The van der Waals surface area contributed by atoms with Gasteiger partial charge in [0, 0.05) is 39.1 Å². The predicted octanol–water partition coefficient (Wildman–Crippen LogP) is 2.39. The molecule has 1 aliphatic heterocycles. The van der Waals surface area contributed by atoms with Gasteiger partial charge in [0.2, 0.25) is 5.91 Å². The first-order chi connectivity index (χ1) is 10.6. The summed E-state index contributed by atoms with van der Waals surface area (Å²) in [5, 5.41) is 0. The molecule has 0 spiro atoms. The highest BCUT2D eigenvalue weighted by molar-refractivity contribution is 5.76. The normalized spacial score (nSPS) is 16.1. The molecule has 0 aromatic heterocycles. The Balaban J connectivity index is 1.67. The average molecular weight is 308 g/mol. The molecule has 1 aromatic rings. The summed E-state index contributed by atoms with van der Waals surface area (Å²) < 4.78 is 18.9. The van der Waals surface area contributed by atoms with Crippen molar-refractivity contribution >= 4 is 5.91 Å². The number of para-hydroxylation sites is 1. The van der Waals surface area contributed by atoms with E-state index in [1.54, 1.807) is 18.2 Å². The van der Waals surface area contributed by atoms with Gasteiger partial charge in [-0.15, -0.1) is 0 Å². The number of rotatable bonds is 6. The molecule has 1 amide bonds. The van der Waals surface area contributed by atoms with Crippen molar-refractivity contribution in [1.82, 2.24) is 9.80 Å². The molecule has 0 saturated carbocycles. The van der Waals surface area contributed by atoms with E-state index in [1.807, 2.05) is 4.90 Å². The quantitative estimate of drug-likeness (QED) is 0.809. The number of nitrogens with zero attached hydrogens (tertiary/aromatic N) is 2. The van der Waals surface area contributed by atoms with Crippen molar-refractivity contribution in [3.63, 3.8) is 0 Å². The summed E-state index contributed by atoms with van der Waals surface area (Å²) in [6.45, 7) is 8.58. The number of amides is 1. The van der Waals surface area contributed by atoms with E-state index >= 15 is 0 Å². The lowest BCUT2D eigenvalue weighted by Crippen LogP contribution is -2.49. The summed E-state index contributed by atoms with van der Waals surface area (Å²) in [6.07, 6.45) is 0.621. The maximum absolute atomic E-state index is 13.4. The van der Waals surface area contributed by atoms with Crippen molar-refractivity contribution < 1.29 is 13.9 Å². The van der Waals surface area contributed by atoms with Crippen LogP contribution in [0.1, 0.15) is 20.3 Å². The number of piperazine rings is 1. The largest absolute Gasteiger partial charge is 0.489 e. The van der Waals surface area contributed by atoms with Crippen LogP contribution in [-0.4, -0.2) is 55.0 Å². The number of ether oxygens (including phenoxy) is 1. The molecule has 0 N–H and O–H groups in total. The van der Waals surface area contributed by atoms with Crippen LogP contribution in [0, 0.1) is 11.7 Å². The number of hydrogen-bond acceptors (Lipinski definition) is 3. The summed E-state index contributed by atoms with van der Waals surface area (Å²) in [7, 11) is 0. The zero-order chi connectivity index (χ0) is 15.9. The Bertz CT molecular complexity index is 485. The van der Waals surface area contributed by atoms with Crippen molar-refractivity contribution in [2.24, 2.45) is 5.92 Å². The van der Waals surface area contributed by atoms with Crippen LogP contribution in [0.3, 0.4) is 0 Å². The number of hydrogen-bond donors (Lipinski definition) is 0. The fourth-order valence-corrected chi connectivity index (χ4v) is 2.55. The van der Waals surface area contributed by atoms with E-state index in [-0.39, 0.29) is 11.7 Å². The third kappa shape index (κ3) is 4.98. The van der Waals surface area contributed by atoms with E-state index in [1.165, 1.54) is 6.07 Å². The maximum Gasteiger partial charge on any atom is 0.222 e. The molecule has 5 heteroatoms. The summed E-state index contributed by atoms with van der Waals surface area (Å²) >= 11 is 0. The predicted molar refractivity (Wildman–Crippen MR) is 84.4 cm³/mol. The third-order valence-corrected chi connectivity index (χ3v) is 3.81. The molecule has 0 aliphatic carbocycles. The smallest absolute Gasteiger partial charge is 0.222 e. The van der Waals surface area contributed by atoms with Crippen LogP contribution in [0.2, 0.25) is 0 Å². The van der Waals surface area contributed by atoms with Crippen molar-refractivity contribution in [3.05, 3.63) is 30.1 Å². The molecule has 1 heterocycles. The van der Waals surface area contributed by atoms with Gasteiger partial charge in [-0.05, 0) is 18.1 Å². The first-order valence-electron chi connectivity index (χ1n) is 7.93. The summed E-state index contributed by atoms with van der Waals surface area (Å²) in [4.78, 5) is 16.2. The molecular weight excluding hydrogens is 283 g/mol. The first-order valence-corrected chi connectivity index (χ1v) is 7.93. The van der Waals surface area contributed by atoms with Crippen molar-refractivity contribution in [1.29, 1.82) is 0 Å². The van der Waals surface area contributed by atoms with Crippen LogP contribution in [0.25, 0.3) is 0 Å². The molecule has 122 valence electrons. The lowest BCUT2D eigenvalue weighted by atomic mass is 10.1. The molecule has 2 rings (SSSR count). The molecule has 0 atom stereocenters. The maximum atomic E-state index is 13.4. The van der Waals surface area contributed by atoms with Gasteiger partial charge in [-0.3, -0.25) is 9.69 Å². The van der Waals surface area contributed by atoms with Crippen molar-refractivity contribution in [2.45, 2.75) is 20.3 Å². The fraction of sp³-hybridized carbons (Fsp3) is 0.588. The Kier molecular flexibility index (Phi) is 6.19. The van der Waals surface area contributed by atoms with Crippen molar-refractivity contribution in [2.75, 3.05) is 39.3 Å². The minimum atomic E-state index is -0.327. The minimum Gasteiger partial charge on any atom is -0.489 e. The number of carbonyl (C=O) groups is 1. The van der Waals surface area contributed by atoms with E-state index in [2.05, 4.69) is 18.7 Å². The molecule has 1 fully saturated rings. The van der Waals surface area contributed by atoms with Crippen LogP contribution >= 0.6 is 0 Å². The highest BCUT2D eigenvalue weighted by Crippen LogP contribution is 2.15. The van der Waals surface area contributed by atoms with Crippen LogP contribution in [0.15, 0.2) is 24.3 Å². The molecule has 22 heavy (non-hydrogen) atoms. The topological polar surface area (TPSA) is 32.8 Å². The third-order valence-electron chi connectivity index (χ3n) is 3.81. The Morgan fingerprint density at radius 3 is 2.55 bits per heavy atom. The Hall–Kier alpha value is -1.62. The van der Waals surface area contributed by atoms with E-state index in [0.29, 0.717) is 24.7 Å². The lowest BCUT2D eigenvalue weighted by molar-refractivity contribution is -0.133. The van der Waals surface area contributed by atoms with Crippen LogP contribution in [0.4, 0.5) is 4.39 Å². The van der Waals surface area contributed by atoms with E-state index < -0.39 is 0 Å². The molecule has 1 saturated heterocycles. The van der Waals surface area contributed by atoms with Crippen LogP contribution < -0.4 is 4.74 Å². The minimum absolute atomic E-state index is 0.247. The van der Waals surface area contributed by atoms with Gasteiger partial charge in [0.15, 0.2) is 11.6 Å². The van der Waals surface area contributed by atoms with Gasteiger partial charge >= 0.3 is 0 Å². The second kappa shape index (κ2) is 8.13. The number of benzene rings is 1. The van der Waals surface area contributed by atoms with Gasteiger partial charge < -0.3 is 9.64 Å². The summed E-state index contributed by atoms with van der Waals surface area (Å²) in [6, 6.07) is 6.44. The summed E-state index contributed by atoms with van der Waals surface area (Å²) in [5.41, 5.74) is 0. The Labute approximate surface area is 131 Å². The van der Waals surface area contributed by atoms with E-state index in [9.17, 15) is 9.18 Å². The average Bonchev–Trinajstić information content (AvgIpc) is 2.49. The molecule has 1 aromatic carbocycles. The zero-order valence-corrected chi connectivity index (χ0v) is 13.4. The Morgan fingerprint density at radius 1 is 1.23 bits per heavy atom. The lowest BCUT2D eigenvalue weighted by Gasteiger charge is -2.35. The monoisotopic (exact) mass is 308 g/mol. The summed E-state index contributed by atoms with van der Waals surface area (Å²) in [5.74, 6) is 0.622. The van der Waals surface area contributed by atoms with Gasteiger partial charge in [0.05, 0.1) is 0 Å². The second-order valence-electron chi connectivity index (χ2n) is 6.10. The number of halogens is 1. The molecule has 0 unspecified atom stereocenters. The van der Waals surface area contributed by atoms with Gasteiger partial charge in [-0.25, -0.2) is 4.39 Å². The molecule has 0 radical (unpaired) electrons. The Morgan fingerprint density at radius 2 is 1.91 bits per heavy atom. The SMILES string of the molecule is CC(C)CC(=O)N1CCN(CCOc2ccccc2F)CC1. The zero-order valence-electron chi connectivity index (χ0n) is 13.4. The number of carbonyl (C=O) groups excluding carboxylic acids is 1. The fourth-order valence-electron chi connectivity index (χ4n) is 2.55. The highest BCUT2D eigenvalue weighted by atomic mass is 19.1. The van der Waals surface area contributed by atoms with E-state index in [0.717, 1.165) is 32.7 Å². The molecule has 1 aliphatic rings. The highest BCUT2D eigenvalue weighted by Gasteiger charge is 2.21. The van der Waals surface area contributed by atoms with Crippen LogP contribution in [-0.2, 0) is 4.79 Å². The van der Waals surface area contributed by atoms with Crippen molar-refractivity contribution in [3.8, 4) is 5.75 Å². The van der Waals surface area contributed by atoms with Crippen LogP contribution in [0.5, 0.6) is 5.75 Å². The van der Waals surface area contributed by atoms with E-state index in [4.69, 9.17) is 4.74 Å². The van der Waals surface area contributed by atoms with Gasteiger partial charge in [0.1, 0.15) is 6.61 Å². The molecular formula is C17H25FN2O2. The molecule has 0 bridgehead atoms. The standard InChI is InChI=1S/C17H25FN2O2/c1-14(2)13-17(21)20-9-7-19(8-10-20)11-12-22-16-6-4-3-5-15(16)18/h3-6,14H,7-13H2,1-2H3. The second-order valence-corrected chi connectivity index (χ2v) is 6.10. The molecule has 4 nitrogen and oxygen atoms in total. The van der Waals surface area contributed by atoms with Gasteiger partial charge in [-0.2, -0.15) is 0 Å².